The van der Waals surface area contributed by atoms with Crippen molar-refractivity contribution < 1.29 is 0 Å². The van der Waals surface area contributed by atoms with Gasteiger partial charge in [-0.2, -0.15) is 0 Å². The van der Waals surface area contributed by atoms with Gasteiger partial charge < -0.3 is 9.80 Å². The highest BCUT2D eigenvalue weighted by atomic mass is 15.1. The number of fused-ring (bicyclic) bond motifs is 4. The number of nitrogens with zero attached hydrogens (tertiary/aromatic N) is 2. The van der Waals surface area contributed by atoms with E-state index in [4.69, 9.17) is 0 Å². The van der Waals surface area contributed by atoms with Gasteiger partial charge in [0.05, 0.1) is 0 Å². The number of benzene rings is 3. The van der Waals surface area contributed by atoms with E-state index >= 15 is 0 Å². The highest BCUT2D eigenvalue weighted by Crippen LogP contribution is 2.35. The summed E-state index contributed by atoms with van der Waals surface area (Å²) in [6, 6.07) is 24.2. The molecule has 25 heavy (non-hydrogen) atoms. The fraction of sp³-hybridized carbons (Fsp3) is 0.182. The Morgan fingerprint density at radius 2 is 0.960 bits per heavy atom. The maximum Gasteiger partial charge on any atom is 0.252 e. The monoisotopic (exact) mass is 326 g/mol. The number of hydrogen-bond donors (Lipinski definition) is 0. The van der Waals surface area contributed by atoms with E-state index in [1.54, 1.807) is 0 Å². The summed E-state index contributed by atoms with van der Waals surface area (Å²) in [4.78, 5) is 4.65. The molecule has 0 aromatic heterocycles. The van der Waals surface area contributed by atoms with Gasteiger partial charge >= 0.3 is 0 Å². The molecule has 0 unspecified atom stereocenters. The Kier molecular flexibility index (Phi) is 3.80. The number of anilines is 4. The summed E-state index contributed by atoms with van der Waals surface area (Å²) in [5, 5.41) is 0. The van der Waals surface area contributed by atoms with Crippen LogP contribution in [0.25, 0.3) is 0 Å². The molecule has 0 spiro atoms. The van der Waals surface area contributed by atoms with Gasteiger partial charge in [-0.1, -0.05) is 56.3 Å². The minimum Gasteiger partial charge on any atom is -0.345 e. The predicted octanol–water partition coefficient (Wildman–Crippen LogP) is 3.39. The highest BCUT2D eigenvalue weighted by Gasteiger charge is 2.40. The van der Waals surface area contributed by atoms with Crippen LogP contribution in [-0.2, 0) is 0 Å². The van der Waals surface area contributed by atoms with Crippen LogP contribution in [0.4, 0.5) is 22.7 Å². The van der Waals surface area contributed by atoms with Gasteiger partial charge in [0.25, 0.3) is 6.71 Å². The third-order valence-corrected chi connectivity index (χ3v) is 5.29. The minimum atomic E-state index is 0.320. The largest absolute Gasteiger partial charge is 0.345 e. The van der Waals surface area contributed by atoms with Gasteiger partial charge in [-0.25, -0.2) is 0 Å². The fourth-order valence-corrected chi connectivity index (χ4v) is 4.23. The van der Waals surface area contributed by atoms with Crippen molar-refractivity contribution in [1.29, 1.82) is 0 Å². The molecule has 0 radical (unpaired) electrons. The third kappa shape index (κ3) is 2.12. The molecule has 0 fully saturated rings. The third-order valence-electron chi connectivity index (χ3n) is 5.29. The molecule has 0 bridgehead atoms. The zero-order valence-corrected chi connectivity index (χ0v) is 15.3. The molecular formula is C22H23BN2. The van der Waals surface area contributed by atoms with Crippen molar-refractivity contribution in [2.45, 2.75) is 13.8 Å². The van der Waals surface area contributed by atoms with E-state index in [2.05, 4.69) is 90.6 Å². The lowest BCUT2D eigenvalue weighted by Crippen LogP contribution is -2.61. The molecule has 3 aromatic carbocycles. The van der Waals surface area contributed by atoms with Gasteiger partial charge in [0.1, 0.15) is 0 Å². The number of para-hydroxylation sites is 2. The Bertz CT molecular complexity index is 863. The molecule has 2 aliphatic rings. The van der Waals surface area contributed by atoms with E-state index in [1.807, 2.05) is 13.8 Å². The average molecular weight is 326 g/mol. The predicted molar refractivity (Wildman–Crippen MR) is 111 cm³/mol. The molecule has 0 saturated carbocycles. The summed E-state index contributed by atoms with van der Waals surface area (Å²) in [5.74, 6) is 0. The molecule has 2 nitrogen and oxygen atoms in total. The van der Waals surface area contributed by atoms with Crippen LogP contribution >= 0.6 is 0 Å². The summed E-state index contributed by atoms with van der Waals surface area (Å²) >= 11 is 0. The SMILES string of the molecule is CC.CN1c2ccccc2B2c3ccccc3N(C)c3cccc1c32. The van der Waals surface area contributed by atoms with Crippen molar-refractivity contribution in [1.82, 2.24) is 0 Å². The molecule has 124 valence electrons. The zero-order chi connectivity index (χ0) is 17.6. The molecule has 2 aliphatic heterocycles. The maximum atomic E-state index is 2.33. The summed E-state index contributed by atoms with van der Waals surface area (Å²) in [6.07, 6.45) is 0. The van der Waals surface area contributed by atoms with Crippen molar-refractivity contribution in [3.63, 3.8) is 0 Å². The normalized spacial score (nSPS) is 13.4. The van der Waals surface area contributed by atoms with Crippen LogP contribution in [-0.4, -0.2) is 20.8 Å². The Balaban J connectivity index is 0.000000758. The quantitative estimate of drug-likeness (QED) is 0.584. The number of hydrogen-bond acceptors (Lipinski definition) is 2. The Labute approximate surface area is 150 Å². The molecule has 3 aromatic rings. The van der Waals surface area contributed by atoms with Crippen molar-refractivity contribution in [2.75, 3.05) is 23.9 Å². The van der Waals surface area contributed by atoms with Crippen LogP contribution in [0.3, 0.4) is 0 Å². The van der Waals surface area contributed by atoms with Gasteiger partial charge in [0, 0.05) is 36.8 Å². The van der Waals surface area contributed by atoms with E-state index in [9.17, 15) is 0 Å². The van der Waals surface area contributed by atoms with Crippen molar-refractivity contribution in [3.05, 3.63) is 66.7 Å². The minimum absolute atomic E-state index is 0.320. The van der Waals surface area contributed by atoms with E-state index in [0.29, 0.717) is 6.71 Å². The molecule has 0 atom stereocenters. The van der Waals surface area contributed by atoms with Crippen LogP contribution in [0.15, 0.2) is 66.7 Å². The molecule has 2 heterocycles. The molecular weight excluding hydrogens is 303 g/mol. The lowest BCUT2D eigenvalue weighted by Gasteiger charge is -2.41. The van der Waals surface area contributed by atoms with Gasteiger partial charge in [-0.05, 0) is 40.7 Å². The summed E-state index contributed by atoms with van der Waals surface area (Å²) < 4.78 is 0. The summed E-state index contributed by atoms with van der Waals surface area (Å²) in [7, 11) is 4.34. The topological polar surface area (TPSA) is 6.48 Å². The summed E-state index contributed by atoms with van der Waals surface area (Å²) in [5.41, 5.74) is 9.46. The molecule has 0 N–H and O–H groups in total. The van der Waals surface area contributed by atoms with Gasteiger partial charge in [0.2, 0.25) is 0 Å². The van der Waals surface area contributed by atoms with Crippen LogP contribution in [0, 0.1) is 0 Å². The van der Waals surface area contributed by atoms with Crippen LogP contribution in [0.5, 0.6) is 0 Å². The standard InChI is InChI=1S/C20H17BN2.C2H6/c1-22-16-10-5-3-8-14(16)21-15-9-4-6-11-17(15)23(2)19-13-7-12-18(22)20(19)21;1-2/h3-13H,1-2H3;1-2H3. The van der Waals surface area contributed by atoms with E-state index < -0.39 is 0 Å². The molecule has 3 heteroatoms. The molecule has 0 saturated heterocycles. The fourth-order valence-electron chi connectivity index (χ4n) is 4.23. The van der Waals surface area contributed by atoms with Gasteiger partial charge in [-0.15, -0.1) is 0 Å². The second-order valence-corrected chi connectivity index (χ2v) is 6.38. The Morgan fingerprint density at radius 1 is 0.560 bits per heavy atom. The van der Waals surface area contributed by atoms with E-state index in [0.717, 1.165) is 0 Å². The van der Waals surface area contributed by atoms with E-state index in [-0.39, 0.29) is 0 Å². The van der Waals surface area contributed by atoms with E-state index in [1.165, 1.54) is 39.1 Å². The Hall–Kier alpha value is -2.68. The van der Waals surface area contributed by atoms with Crippen LogP contribution in [0.1, 0.15) is 13.8 Å². The second kappa shape index (κ2) is 6.00. The second-order valence-electron chi connectivity index (χ2n) is 6.38. The van der Waals surface area contributed by atoms with Crippen molar-refractivity contribution >= 4 is 45.9 Å². The maximum absolute atomic E-state index is 2.33. The van der Waals surface area contributed by atoms with Crippen molar-refractivity contribution in [3.8, 4) is 0 Å². The van der Waals surface area contributed by atoms with Crippen LogP contribution < -0.4 is 26.2 Å². The van der Waals surface area contributed by atoms with Crippen molar-refractivity contribution in [2.24, 2.45) is 0 Å². The Morgan fingerprint density at radius 3 is 1.44 bits per heavy atom. The first kappa shape index (κ1) is 15.8. The zero-order valence-electron chi connectivity index (χ0n) is 15.3. The number of rotatable bonds is 0. The molecule has 0 aliphatic carbocycles. The van der Waals surface area contributed by atoms with Crippen LogP contribution in [0.2, 0.25) is 0 Å². The first-order valence-electron chi connectivity index (χ1n) is 9.05. The highest BCUT2D eigenvalue weighted by molar-refractivity contribution is 7.00. The summed E-state index contributed by atoms with van der Waals surface area (Å²) in [6.45, 7) is 4.32. The van der Waals surface area contributed by atoms with Gasteiger partial charge in [-0.3, -0.25) is 0 Å². The van der Waals surface area contributed by atoms with Gasteiger partial charge in [0.15, 0.2) is 0 Å². The lowest BCUT2D eigenvalue weighted by molar-refractivity contribution is 1.18. The first-order chi connectivity index (χ1) is 12.3. The molecule has 5 rings (SSSR count). The average Bonchev–Trinajstić information content (AvgIpc) is 2.69. The first-order valence-corrected chi connectivity index (χ1v) is 9.05. The lowest BCUT2D eigenvalue weighted by atomic mass is 9.33. The molecule has 0 amide bonds. The smallest absolute Gasteiger partial charge is 0.252 e.